The second kappa shape index (κ2) is 14.8. The monoisotopic (exact) mass is 300 g/mol. The van der Waals surface area contributed by atoms with Crippen molar-refractivity contribution in [3.8, 4) is 0 Å². The molecule has 0 aliphatic heterocycles. The van der Waals surface area contributed by atoms with Crippen LogP contribution in [0.25, 0.3) is 0 Å². The average molecular weight is 301 g/mol. The highest BCUT2D eigenvalue weighted by Gasteiger charge is 2.25. The van der Waals surface area contributed by atoms with Gasteiger partial charge in [-0.25, -0.2) is 0 Å². The number of unbranched alkanes of at least 4 members (excludes halogenated alkanes) is 6. The van der Waals surface area contributed by atoms with Gasteiger partial charge in [-0.15, -0.1) is 0 Å². The van der Waals surface area contributed by atoms with Gasteiger partial charge in [0.25, 0.3) is 0 Å². The lowest BCUT2D eigenvalue weighted by Gasteiger charge is -2.39. The maximum absolute atomic E-state index is 5.69. The van der Waals surface area contributed by atoms with Gasteiger partial charge in [0.05, 0.1) is 26.2 Å². The van der Waals surface area contributed by atoms with Crippen LogP contribution in [0.3, 0.4) is 0 Å². The first-order chi connectivity index (χ1) is 10.2. The Labute approximate surface area is 134 Å². The Kier molecular flexibility index (Phi) is 14.8. The van der Waals surface area contributed by atoms with Gasteiger partial charge in [-0.3, -0.25) is 0 Å². The molecule has 0 saturated carbocycles. The Balaban J connectivity index is 4.52. The number of ether oxygens (including phenoxy) is 1. The standard InChI is InChI=1S/C19H42NO/c1-5-9-12-15-20(16-13-10-6-2,17-14-11-7-3)18-19-21-8-4/h5-19H2,1-4H3/q+1. The van der Waals surface area contributed by atoms with Crippen molar-refractivity contribution >= 4 is 0 Å². The van der Waals surface area contributed by atoms with Gasteiger partial charge in [-0.05, 0) is 45.4 Å². The summed E-state index contributed by atoms with van der Waals surface area (Å²) in [6.45, 7) is 16.2. The number of rotatable bonds is 16. The molecule has 0 aromatic heterocycles. The molecule has 21 heavy (non-hydrogen) atoms. The summed E-state index contributed by atoms with van der Waals surface area (Å²) in [6, 6.07) is 0. The van der Waals surface area contributed by atoms with Gasteiger partial charge in [-0.1, -0.05) is 40.0 Å². The molecule has 0 radical (unpaired) electrons. The number of hydrogen-bond donors (Lipinski definition) is 0. The lowest BCUT2D eigenvalue weighted by atomic mass is 10.1. The fraction of sp³-hybridized carbons (Fsp3) is 1.00. The predicted octanol–water partition coefficient (Wildman–Crippen LogP) is 5.41. The zero-order chi connectivity index (χ0) is 15.8. The molecule has 0 aliphatic rings. The molecule has 0 spiro atoms. The van der Waals surface area contributed by atoms with Crippen molar-refractivity contribution < 1.29 is 9.22 Å². The molecule has 0 unspecified atom stereocenters. The molecule has 0 atom stereocenters. The average Bonchev–Trinajstić information content (AvgIpc) is 2.48. The summed E-state index contributed by atoms with van der Waals surface area (Å²) in [5.74, 6) is 0. The van der Waals surface area contributed by atoms with Crippen LogP contribution in [-0.4, -0.2) is 43.9 Å². The van der Waals surface area contributed by atoms with Gasteiger partial charge in [0.15, 0.2) is 0 Å². The molecule has 0 bridgehead atoms. The van der Waals surface area contributed by atoms with Crippen LogP contribution in [-0.2, 0) is 4.74 Å². The highest BCUT2D eigenvalue weighted by molar-refractivity contribution is 4.51. The molecule has 0 fully saturated rings. The van der Waals surface area contributed by atoms with Crippen LogP contribution < -0.4 is 0 Å². The Morgan fingerprint density at radius 2 is 1.00 bits per heavy atom. The first-order valence-electron chi connectivity index (χ1n) is 9.67. The maximum atomic E-state index is 5.69. The van der Waals surface area contributed by atoms with Crippen molar-refractivity contribution in [1.82, 2.24) is 0 Å². The first kappa shape index (κ1) is 20.9. The molecule has 0 rings (SSSR count). The minimum Gasteiger partial charge on any atom is -0.376 e. The van der Waals surface area contributed by atoms with Gasteiger partial charge >= 0.3 is 0 Å². The molecule has 0 aromatic carbocycles. The van der Waals surface area contributed by atoms with E-state index in [2.05, 4.69) is 27.7 Å². The zero-order valence-corrected chi connectivity index (χ0v) is 15.5. The predicted molar refractivity (Wildman–Crippen MR) is 94.8 cm³/mol. The minimum absolute atomic E-state index is 0.860. The second-order valence-electron chi connectivity index (χ2n) is 6.55. The first-order valence-corrected chi connectivity index (χ1v) is 9.67. The lowest BCUT2D eigenvalue weighted by molar-refractivity contribution is -0.929. The molecule has 0 heterocycles. The third kappa shape index (κ3) is 11.2. The Morgan fingerprint density at radius 1 is 0.571 bits per heavy atom. The molecule has 0 N–H and O–H groups in total. The van der Waals surface area contributed by atoms with Crippen LogP contribution in [0.2, 0.25) is 0 Å². The quantitative estimate of drug-likeness (QED) is 0.273. The minimum atomic E-state index is 0.860. The summed E-state index contributed by atoms with van der Waals surface area (Å²) < 4.78 is 7.01. The van der Waals surface area contributed by atoms with Crippen LogP contribution in [0.1, 0.15) is 85.5 Å². The van der Waals surface area contributed by atoms with Gasteiger partial charge in [0.1, 0.15) is 6.54 Å². The van der Waals surface area contributed by atoms with Gasteiger partial charge in [-0.2, -0.15) is 0 Å². The summed E-state index contributed by atoms with van der Waals surface area (Å²) in [4.78, 5) is 0. The number of hydrogen-bond acceptors (Lipinski definition) is 1. The normalized spacial score (nSPS) is 12.0. The van der Waals surface area contributed by atoms with Crippen LogP contribution >= 0.6 is 0 Å². The molecule has 128 valence electrons. The summed E-state index contributed by atoms with van der Waals surface area (Å²) in [5, 5.41) is 0. The Morgan fingerprint density at radius 3 is 1.33 bits per heavy atom. The van der Waals surface area contributed by atoms with E-state index in [1.165, 1.54) is 88.4 Å². The van der Waals surface area contributed by atoms with E-state index in [1.807, 2.05) is 0 Å². The molecule has 0 aromatic rings. The van der Waals surface area contributed by atoms with E-state index >= 15 is 0 Å². The fourth-order valence-corrected chi connectivity index (χ4v) is 3.16. The Hall–Kier alpha value is -0.0800. The number of nitrogens with zero attached hydrogens (tertiary/aromatic N) is 1. The SMILES string of the molecule is CCCCC[N+](CCCCC)(CCCCC)CCOCC. The van der Waals surface area contributed by atoms with Gasteiger partial charge in [0.2, 0.25) is 0 Å². The van der Waals surface area contributed by atoms with E-state index in [4.69, 9.17) is 4.74 Å². The van der Waals surface area contributed by atoms with Crippen LogP contribution in [0.5, 0.6) is 0 Å². The van der Waals surface area contributed by atoms with Crippen molar-refractivity contribution in [3.05, 3.63) is 0 Å². The molecular formula is C19H42NO+. The third-order valence-corrected chi connectivity index (χ3v) is 4.62. The number of quaternary nitrogens is 1. The maximum Gasteiger partial charge on any atom is 0.102 e. The van der Waals surface area contributed by atoms with Crippen molar-refractivity contribution in [2.24, 2.45) is 0 Å². The zero-order valence-electron chi connectivity index (χ0n) is 15.5. The molecule has 0 amide bonds. The highest BCUT2D eigenvalue weighted by Crippen LogP contribution is 2.16. The van der Waals surface area contributed by atoms with E-state index in [-0.39, 0.29) is 0 Å². The van der Waals surface area contributed by atoms with Crippen LogP contribution in [0.4, 0.5) is 0 Å². The van der Waals surface area contributed by atoms with E-state index < -0.39 is 0 Å². The second-order valence-corrected chi connectivity index (χ2v) is 6.55. The molecule has 0 aliphatic carbocycles. The summed E-state index contributed by atoms with van der Waals surface area (Å²) in [6.07, 6.45) is 12.3. The van der Waals surface area contributed by atoms with Crippen LogP contribution in [0.15, 0.2) is 0 Å². The highest BCUT2D eigenvalue weighted by atomic mass is 16.5. The fourth-order valence-electron chi connectivity index (χ4n) is 3.16. The van der Waals surface area contributed by atoms with E-state index in [9.17, 15) is 0 Å². The van der Waals surface area contributed by atoms with Crippen molar-refractivity contribution in [2.75, 3.05) is 39.4 Å². The topological polar surface area (TPSA) is 9.23 Å². The molecular weight excluding hydrogens is 258 g/mol. The molecule has 2 heteroatoms. The van der Waals surface area contributed by atoms with Crippen molar-refractivity contribution in [2.45, 2.75) is 85.5 Å². The summed E-state index contributed by atoms with van der Waals surface area (Å²) in [5.41, 5.74) is 0. The van der Waals surface area contributed by atoms with Crippen molar-refractivity contribution in [1.29, 1.82) is 0 Å². The van der Waals surface area contributed by atoms with Crippen LogP contribution in [0, 0.1) is 0 Å². The van der Waals surface area contributed by atoms with Crippen molar-refractivity contribution in [3.63, 3.8) is 0 Å². The van der Waals surface area contributed by atoms with E-state index in [1.54, 1.807) is 0 Å². The lowest BCUT2D eigenvalue weighted by Crippen LogP contribution is -2.52. The largest absolute Gasteiger partial charge is 0.376 e. The summed E-state index contributed by atoms with van der Waals surface area (Å²) in [7, 11) is 0. The molecule has 2 nitrogen and oxygen atoms in total. The summed E-state index contributed by atoms with van der Waals surface area (Å²) >= 11 is 0. The van der Waals surface area contributed by atoms with Gasteiger partial charge in [0, 0.05) is 6.61 Å². The van der Waals surface area contributed by atoms with E-state index in [0.29, 0.717) is 0 Å². The Bertz CT molecular complexity index is 160. The van der Waals surface area contributed by atoms with E-state index in [0.717, 1.165) is 13.2 Å². The smallest absolute Gasteiger partial charge is 0.102 e. The van der Waals surface area contributed by atoms with Gasteiger partial charge < -0.3 is 9.22 Å². The third-order valence-electron chi connectivity index (χ3n) is 4.62. The molecule has 0 saturated heterocycles.